The fraction of sp³-hybridized carbons (Fsp3) is 0.526. The number of carbonyl (C=O) groups excluding carboxylic acids is 3. The molecule has 2 N–H and O–H groups in total. The molecule has 1 aromatic carbocycles. The first-order valence-electron chi connectivity index (χ1n) is 9.05. The van der Waals surface area contributed by atoms with E-state index >= 15 is 0 Å². The number of likely N-dealkylation sites (tertiary alicyclic amines) is 1. The van der Waals surface area contributed by atoms with E-state index in [4.69, 9.17) is 0 Å². The van der Waals surface area contributed by atoms with Crippen molar-refractivity contribution in [2.75, 3.05) is 13.1 Å². The van der Waals surface area contributed by atoms with E-state index in [0.717, 1.165) is 32.4 Å². The van der Waals surface area contributed by atoms with E-state index in [0.29, 0.717) is 12.8 Å². The molecule has 132 valence electrons. The van der Waals surface area contributed by atoms with Gasteiger partial charge in [0.1, 0.15) is 6.04 Å². The van der Waals surface area contributed by atoms with Crippen LogP contribution in [0, 0.1) is 0 Å². The van der Waals surface area contributed by atoms with Crippen molar-refractivity contribution in [2.24, 2.45) is 0 Å². The lowest BCUT2D eigenvalue weighted by Gasteiger charge is -2.40. The van der Waals surface area contributed by atoms with Gasteiger partial charge in [-0.3, -0.25) is 14.9 Å². The van der Waals surface area contributed by atoms with Gasteiger partial charge < -0.3 is 10.2 Å². The van der Waals surface area contributed by atoms with E-state index < -0.39 is 12.1 Å². The number of hydrogen-bond acceptors (Lipinski definition) is 3. The Balaban J connectivity index is 1.32. The summed E-state index contributed by atoms with van der Waals surface area (Å²) >= 11 is 0. The van der Waals surface area contributed by atoms with Crippen LogP contribution in [0.25, 0.3) is 0 Å². The molecule has 4 rings (SSSR count). The third-order valence-electron chi connectivity index (χ3n) is 6.04. The van der Waals surface area contributed by atoms with Gasteiger partial charge in [0.15, 0.2) is 0 Å². The summed E-state index contributed by atoms with van der Waals surface area (Å²) in [7, 11) is 0. The van der Waals surface area contributed by atoms with Crippen molar-refractivity contribution in [3.05, 3.63) is 35.4 Å². The molecule has 1 spiro atoms. The summed E-state index contributed by atoms with van der Waals surface area (Å²) in [5.74, 6) is -0.256. The van der Waals surface area contributed by atoms with Crippen LogP contribution in [0.4, 0.5) is 4.79 Å². The molecule has 0 radical (unpaired) electrons. The SMILES string of the molecule is O=C1NC(=O)C(CCC(=O)N2CCC3(CCc4ccccc43)CC2)N1. The molecule has 0 bridgehead atoms. The summed E-state index contributed by atoms with van der Waals surface area (Å²) in [6.45, 7) is 1.55. The van der Waals surface area contributed by atoms with E-state index in [2.05, 4.69) is 34.9 Å². The molecule has 25 heavy (non-hydrogen) atoms. The Bertz CT molecular complexity index is 722. The van der Waals surface area contributed by atoms with Gasteiger partial charge in [-0.15, -0.1) is 0 Å². The Morgan fingerprint density at radius 2 is 1.92 bits per heavy atom. The smallest absolute Gasteiger partial charge is 0.322 e. The molecular weight excluding hydrogens is 318 g/mol. The zero-order valence-electron chi connectivity index (χ0n) is 14.2. The van der Waals surface area contributed by atoms with Crippen LogP contribution < -0.4 is 10.6 Å². The van der Waals surface area contributed by atoms with Crippen molar-refractivity contribution < 1.29 is 14.4 Å². The topological polar surface area (TPSA) is 78.5 Å². The Morgan fingerprint density at radius 1 is 1.16 bits per heavy atom. The minimum Gasteiger partial charge on any atom is -0.343 e. The highest BCUT2D eigenvalue weighted by molar-refractivity contribution is 6.04. The fourth-order valence-corrected chi connectivity index (χ4v) is 4.56. The third-order valence-corrected chi connectivity index (χ3v) is 6.04. The van der Waals surface area contributed by atoms with Crippen molar-refractivity contribution in [1.29, 1.82) is 0 Å². The zero-order chi connectivity index (χ0) is 17.4. The predicted octanol–water partition coefficient (Wildman–Crippen LogP) is 1.48. The second kappa shape index (κ2) is 6.17. The monoisotopic (exact) mass is 341 g/mol. The van der Waals surface area contributed by atoms with Crippen LogP contribution in [0.15, 0.2) is 24.3 Å². The quantitative estimate of drug-likeness (QED) is 0.818. The zero-order valence-corrected chi connectivity index (χ0v) is 14.2. The van der Waals surface area contributed by atoms with Gasteiger partial charge in [0.05, 0.1) is 0 Å². The van der Waals surface area contributed by atoms with Gasteiger partial charge in [0, 0.05) is 19.5 Å². The van der Waals surface area contributed by atoms with Crippen LogP contribution in [0.5, 0.6) is 0 Å². The number of urea groups is 1. The van der Waals surface area contributed by atoms with Gasteiger partial charge in [0.2, 0.25) is 5.91 Å². The number of piperidine rings is 1. The summed E-state index contributed by atoms with van der Waals surface area (Å²) in [5.41, 5.74) is 3.19. The Hall–Kier alpha value is -2.37. The molecule has 3 aliphatic rings. The van der Waals surface area contributed by atoms with Gasteiger partial charge >= 0.3 is 6.03 Å². The average Bonchev–Trinajstić information content (AvgIpc) is 3.14. The molecule has 1 aliphatic carbocycles. The van der Waals surface area contributed by atoms with E-state index in [9.17, 15) is 14.4 Å². The van der Waals surface area contributed by atoms with Crippen molar-refractivity contribution in [1.82, 2.24) is 15.5 Å². The highest BCUT2D eigenvalue weighted by atomic mass is 16.2. The van der Waals surface area contributed by atoms with Crippen LogP contribution >= 0.6 is 0 Å². The maximum atomic E-state index is 12.5. The molecule has 6 heteroatoms. The van der Waals surface area contributed by atoms with Crippen LogP contribution in [-0.2, 0) is 21.4 Å². The predicted molar refractivity (Wildman–Crippen MR) is 92.0 cm³/mol. The van der Waals surface area contributed by atoms with Gasteiger partial charge in [-0.05, 0) is 48.6 Å². The van der Waals surface area contributed by atoms with E-state index in [1.807, 2.05) is 4.90 Å². The lowest BCUT2D eigenvalue weighted by molar-refractivity contribution is -0.133. The molecule has 0 saturated carbocycles. The first kappa shape index (κ1) is 16.1. The largest absolute Gasteiger partial charge is 0.343 e. The molecule has 6 nitrogen and oxygen atoms in total. The van der Waals surface area contributed by atoms with Gasteiger partial charge in [-0.2, -0.15) is 0 Å². The minimum absolute atomic E-state index is 0.0788. The van der Waals surface area contributed by atoms with Gasteiger partial charge in [0.25, 0.3) is 5.91 Å². The molecule has 2 saturated heterocycles. The summed E-state index contributed by atoms with van der Waals surface area (Å²) in [5, 5.41) is 4.74. The van der Waals surface area contributed by atoms with Crippen LogP contribution in [0.3, 0.4) is 0 Å². The molecule has 1 unspecified atom stereocenters. The summed E-state index contributed by atoms with van der Waals surface area (Å²) in [6.07, 6.45) is 5.00. The number of amides is 4. The molecule has 2 aliphatic heterocycles. The number of rotatable bonds is 3. The lowest BCUT2D eigenvalue weighted by Crippen LogP contribution is -2.44. The number of nitrogens with zero attached hydrogens (tertiary/aromatic N) is 1. The number of aryl methyl sites for hydroxylation is 1. The third kappa shape index (κ3) is 2.90. The van der Waals surface area contributed by atoms with Gasteiger partial charge in [-0.25, -0.2) is 4.79 Å². The summed E-state index contributed by atoms with van der Waals surface area (Å²) in [4.78, 5) is 37.0. The van der Waals surface area contributed by atoms with E-state index in [1.165, 1.54) is 17.5 Å². The molecule has 4 amide bonds. The second-order valence-corrected chi connectivity index (χ2v) is 7.37. The van der Waals surface area contributed by atoms with Crippen molar-refractivity contribution in [3.8, 4) is 0 Å². The standard InChI is InChI=1S/C19H23N3O3/c23-16(6-5-15-17(24)21-18(25)20-15)22-11-9-19(10-12-22)8-7-13-3-1-2-4-14(13)19/h1-4,15H,5-12H2,(H2,20,21,24,25). The van der Waals surface area contributed by atoms with E-state index in [-0.39, 0.29) is 17.2 Å². The molecule has 1 aromatic rings. The number of benzene rings is 1. The van der Waals surface area contributed by atoms with Crippen molar-refractivity contribution in [3.63, 3.8) is 0 Å². The van der Waals surface area contributed by atoms with Crippen LogP contribution in [0.2, 0.25) is 0 Å². The van der Waals surface area contributed by atoms with Crippen molar-refractivity contribution >= 4 is 17.8 Å². The number of carbonyl (C=O) groups is 3. The summed E-state index contributed by atoms with van der Waals surface area (Å²) in [6, 6.07) is 7.65. The highest BCUT2D eigenvalue weighted by Crippen LogP contribution is 2.46. The molecule has 1 atom stereocenters. The molecule has 2 fully saturated rings. The van der Waals surface area contributed by atoms with Crippen LogP contribution in [0.1, 0.15) is 43.2 Å². The first-order valence-corrected chi connectivity index (χ1v) is 9.05. The normalized spacial score (nSPS) is 24.2. The fourth-order valence-electron chi connectivity index (χ4n) is 4.56. The number of hydrogen-bond donors (Lipinski definition) is 2. The van der Waals surface area contributed by atoms with Crippen LogP contribution in [-0.4, -0.2) is 41.9 Å². The Kier molecular flexibility index (Phi) is 3.98. The Labute approximate surface area is 147 Å². The number of fused-ring (bicyclic) bond motifs is 2. The first-order chi connectivity index (χ1) is 12.1. The Morgan fingerprint density at radius 3 is 2.64 bits per heavy atom. The maximum Gasteiger partial charge on any atom is 0.322 e. The maximum absolute atomic E-state index is 12.5. The average molecular weight is 341 g/mol. The molecular formula is C19H23N3O3. The second-order valence-electron chi connectivity index (χ2n) is 7.37. The molecule has 2 heterocycles. The minimum atomic E-state index is -0.575. The number of nitrogens with one attached hydrogen (secondary N) is 2. The van der Waals surface area contributed by atoms with Gasteiger partial charge in [-0.1, -0.05) is 24.3 Å². The van der Waals surface area contributed by atoms with E-state index in [1.54, 1.807) is 0 Å². The lowest BCUT2D eigenvalue weighted by atomic mass is 9.74. The molecule has 0 aromatic heterocycles. The highest BCUT2D eigenvalue weighted by Gasteiger charge is 2.41. The number of imide groups is 1. The summed E-state index contributed by atoms with van der Waals surface area (Å²) < 4.78 is 0. The van der Waals surface area contributed by atoms with Crippen molar-refractivity contribution in [2.45, 2.75) is 50.0 Å².